The smallest absolute Gasteiger partial charge is 0.330 e. The van der Waals surface area contributed by atoms with Crippen LogP contribution >= 0.6 is 0 Å². The molecule has 0 fully saturated rings. The van der Waals surface area contributed by atoms with Crippen molar-refractivity contribution in [3.63, 3.8) is 0 Å². The second kappa shape index (κ2) is 12.2. The minimum Gasteiger partial charge on any atom is -0.493 e. The molecule has 0 N–H and O–H groups in total. The molecule has 0 saturated heterocycles. The molecule has 0 spiro atoms. The monoisotopic (exact) mass is 480 g/mol. The molecule has 35 heavy (non-hydrogen) atoms. The van der Waals surface area contributed by atoms with Gasteiger partial charge in [-0.15, -0.1) is 0 Å². The fourth-order valence-corrected chi connectivity index (χ4v) is 3.73. The molecule has 0 aliphatic heterocycles. The molecule has 0 aromatic heterocycles. The number of hydrogen-bond acceptors (Lipinski definition) is 3. The Morgan fingerprint density at radius 2 is 1.69 bits per heavy atom. The van der Waals surface area contributed by atoms with Crippen molar-refractivity contribution >= 4 is 12.0 Å². The minimum atomic E-state index is -0.411. The van der Waals surface area contributed by atoms with Crippen LogP contribution in [0, 0.1) is 0 Å². The van der Waals surface area contributed by atoms with Crippen molar-refractivity contribution < 1.29 is 18.7 Å². The zero-order valence-corrected chi connectivity index (χ0v) is 22.6. The molecule has 0 atom stereocenters. The molecule has 0 radical (unpaired) electrons. The number of carbonyl (C=O) groups excluding carboxylic acids is 1. The van der Waals surface area contributed by atoms with Gasteiger partial charge >= 0.3 is 5.97 Å². The summed E-state index contributed by atoms with van der Waals surface area (Å²) in [6, 6.07) is 12.6. The second-order valence-electron chi connectivity index (χ2n) is 10.9. The first-order valence-electron chi connectivity index (χ1n) is 12.4. The number of rotatable bonds is 9. The number of halogens is 1. The first kappa shape index (κ1) is 28.4. The third-order valence-corrected chi connectivity index (χ3v) is 5.70. The van der Waals surface area contributed by atoms with Gasteiger partial charge in [-0.2, -0.15) is 0 Å². The maximum Gasteiger partial charge on any atom is 0.330 e. The van der Waals surface area contributed by atoms with Crippen LogP contribution in [0.1, 0.15) is 78.5 Å². The first-order chi connectivity index (χ1) is 16.4. The number of ether oxygens (including phenoxy) is 2. The highest BCUT2D eigenvalue weighted by atomic mass is 19.1. The summed E-state index contributed by atoms with van der Waals surface area (Å²) in [5, 5.41) is 0. The molecule has 2 rings (SSSR count). The topological polar surface area (TPSA) is 35.5 Å². The summed E-state index contributed by atoms with van der Waals surface area (Å²) in [6.45, 7) is 17.1. The van der Waals surface area contributed by atoms with Crippen LogP contribution in [-0.2, 0) is 20.4 Å². The first-order valence-corrected chi connectivity index (χ1v) is 12.4. The lowest BCUT2D eigenvalue weighted by atomic mass is 9.77. The van der Waals surface area contributed by atoms with Crippen LogP contribution in [0.2, 0.25) is 0 Å². The Bertz CT molecular complexity index is 1070. The van der Waals surface area contributed by atoms with Gasteiger partial charge in [-0.3, -0.25) is 4.39 Å². The Hall–Kier alpha value is -2.88. The lowest BCUT2D eigenvalue weighted by Crippen LogP contribution is -2.19. The number of benzene rings is 2. The van der Waals surface area contributed by atoms with Gasteiger partial charge in [0, 0.05) is 23.6 Å². The quantitative estimate of drug-likeness (QED) is 0.157. The Balaban J connectivity index is 2.72. The van der Waals surface area contributed by atoms with Crippen molar-refractivity contribution in [1.29, 1.82) is 0 Å². The zero-order valence-electron chi connectivity index (χ0n) is 22.6. The van der Waals surface area contributed by atoms with E-state index in [9.17, 15) is 9.18 Å². The maximum absolute atomic E-state index is 12.9. The lowest BCUT2D eigenvalue weighted by Gasteiger charge is -2.30. The highest BCUT2D eigenvalue weighted by Gasteiger charge is 2.27. The van der Waals surface area contributed by atoms with Gasteiger partial charge in [0.1, 0.15) is 5.75 Å². The average molecular weight is 481 g/mol. The van der Waals surface area contributed by atoms with Crippen molar-refractivity contribution in [2.24, 2.45) is 0 Å². The largest absolute Gasteiger partial charge is 0.493 e. The Morgan fingerprint density at radius 1 is 1.00 bits per heavy atom. The van der Waals surface area contributed by atoms with E-state index in [1.807, 2.05) is 31.2 Å². The lowest BCUT2D eigenvalue weighted by molar-refractivity contribution is -0.137. The number of allylic oxidation sites excluding steroid dienone is 2. The molecule has 4 heteroatoms. The van der Waals surface area contributed by atoms with Crippen LogP contribution in [0.25, 0.3) is 17.2 Å². The van der Waals surface area contributed by atoms with Crippen molar-refractivity contribution in [3.05, 3.63) is 70.8 Å². The van der Waals surface area contributed by atoms with E-state index in [1.165, 1.54) is 11.6 Å². The Morgan fingerprint density at radius 3 is 2.29 bits per heavy atom. The van der Waals surface area contributed by atoms with Gasteiger partial charge in [-0.05, 0) is 53.0 Å². The van der Waals surface area contributed by atoms with Gasteiger partial charge in [-0.25, -0.2) is 4.79 Å². The molecule has 3 nitrogen and oxygen atoms in total. The summed E-state index contributed by atoms with van der Waals surface area (Å²) < 4.78 is 24.2. The normalized spacial score (nSPS) is 12.8. The Kier molecular flexibility index (Phi) is 9.88. The van der Waals surface area contributed by atoms with E-state index in [0.29, 0.717) is 19.6 Å². The van der Waals surface area contributed by atoms with Gasteiger partial charge in [-0.1, -0.05) is 84.0 Å². The highest BCUT2D eigenvalue weighted by molar-refractivity contribution is 5.85. The van der Waals surface area contributed by atoms with E-state index >= 15 is 0 Å². The standard InChI is InChI=1S/C31H41FO3/c1-9-34-28(33)19-22(2)15-16-23-13-10-11-14-25(23)26-20-24(30(3,4)5)21-27(31(6,7)8)29(26)35-18-12-17-32/h10-11,13-16,19-21H,9,12,17-18H2,1-8H3/b16-15+,22-19+. The summed E-state index contributed by atoms with van der Waals surface area (Å²) in [4.78, 5) is 11.8. The van der Waals surface area contributed by atoms with Gasteiger partial charge in [0.25, 0.3) is 0 Å². The van der Waals surface area contributed by atoms with E-state index in [2.05, 4.69) is 65.8 Å². The fourth-order valence-electron chi connectivity index (χ4n) is 3.73. The zero-order chi connectivity index (χ0) is 26.2. The predicted octanol–water partition coefficient (Wildman–Crippen LogP) is 8.21. The van der Waals surface area contributed by atoms with E-state index in [-0.39, 0.29) is 16.8 Å². The molecule has 2 aromatic carbocycles. The van der Waals surface area contributed by atoms with Gasteiger partial charge in [0.2, 0.25) is 0 Å². The van der Waals surface area contributed by atoms with E-state index < -0.39 is 6.67 Å². The van der Waals surface area contributed by atoms with Crippen LogP contribution in [0.5, 0.6) is 5.75 Å². The van der Waals surface area contributed by atoms with Gasteiger partial charge in [0.05, 0.1) is 19.9 Å². The van der Waals surface area contributed by atoms with Crippen LogP contribution in [0.4, 0.5) is 4.39 Å². The van der Waals surface area contributed by atoms with Gasteiger partial charge < -0.3 is 9.47 Å². The maximum atomic E-state index is 12.9. The molecule has 0 bridgehead atoms. The molecule has 0 amide bonds. The van der Waals surface area contributed by atoms with E-state index in [4.69, 9.17) is 9.47 Å². The van der Waals surface area contributed by atoms with Crippen molar-refractivity contribution in [2.45, 2.75) is 72.6 Å². The summed E-state index contributed by atoms with van der Waals surface area (Å²) in [6.07, 6.45) is 5.76. The molecule has 2 aromatic rings. The average Bonchev–Trinajstić information content (AvgIpc) is 2.76. The third kappa shape index (κ3) is 8.09. The van der Waals surface area contributed by atoms with Crippen LogP contribution < -0.4 is 4.74 Å². The molecular formula is C31H41FO3. The van der Waals surface area contributed by atoms with Gasteiger partial charge in [0.15, 0.2) is 0 Å². The minimum absolute atomic E-state index is 0.0596. The summed E-state index contributed by atoms with van der Waals surface area (Å²) in [5.74, 6) is 0.456. The van der Waals surface area contributed by atoms with Crippen molar-refractivity contribution in [2.75, 3.05) is 19.9 Å². The summed E-state index contributed by atoms with van der Waals surface area (Å²) in [7, 11) is 0. The summed E-state index contributed by atoms with van der Waals surface area (Å²) >= 11 is 0. The number of hydrogen-bond donors (Lipinski definition) is 0. The number of alkyl halides is 1. The van der Waals surface area contributed by atoms with Crippen LogP contribution in [0.15, 0.2) is 54.1 Å². The Labute approximate surface area is 211 Å². The number of esters is 1. The fraction of sp³-hybridized carbons (Fsp3) is 0.452. The molecule has 0 unspecified atom stereocenters. The molecule has 0 aliphatic rings. The van der Waals surface area contributed by atoms with Crippen molar-refractivity contribution in [3.8, 4) is 16.9 Å². The van der Waals surface area contributed by atoms with Crippen LogP contribution in [0.3, 0.4) is 0 Å². The molecule has 0 aliphatic carbocycles. The highest BCUT2D eigenvalue weighted by Crippen LogP contribution is 2.44. The van der Waals surface area contributed by atoms with E-state index in [0.717, 1.165) is 33.6 Å². The third-order valence-electron chi connectivity index (χ3n) is 5.70. The molecule has 190 valence electrons. The van der Waals surface area contributed by atoms with Crippen LogP contribution in [-0.4, -0.2) is 25.9 Å². The molecule has 0 saturated carbocycles. The SMILES string of the molecule is CCOC(=O)/C=C(C)/C=C/c1ccccc1-c1cc(C(C)(C)C)cc(C(C)(C)C)c1OCCCF. The number of carbonyl (C=O) groups is 1. The predicted molar refractivity (Wildman–Crippen MR) is 145 cm³/mol. The molecular weight excluding hydrogens is 439 g/mol. The second-order valence-corrected chi connectivity index (χ2v) is 10.9. The summed E-state index contributed by atoms with van der Waals surface area (Å²) in [5.41, 5.74) is 5.93. The molecule has 0 heterocycles. The van der Waals surface area contributed by atoms with Crippen molar-refractivity contribution in [1.82, 2.24) is 0 Å². The van der Waals surface area contributed by atoms with E-state index in [1.54, 1.807) is 6.92 Å².